The second kappa shape index (κ2) is 5.46. The summed E-state index contributed by atoms with van der Waals surface area (Å²) in [6.07, 6.45) is 0. The zero-order valence-corrected chi connectivity index (χ0v) is 12.4. The molecule has 0 aliphatic rings. The van der Waals surface area contributed by atoms with Gasteiger partial charge in [0.05, 0.1) is 5.54 Å². The van der Waals surface area contributed by atoms with Crippen LogP contribution in [0.4, 0.5) is 0 Å². The van der Waals surface area contributed by atoms with Crippen LogP contribution in [0.2, 0.25) is 0 Å². The van der Waals surface area contributed by atoms with Gasteiger partial charge in [-0.15, -0.1) is 5.10 Å². The highest BCUT2D eigenvalue weighted by Crippen LogP contribution is 2.13. The molecule has 1 heterocycles. The molecule has 0 radical (unpaired) electrons. The van der Waals surface area contributed by atoms with Crippen LogP contribution in [0.5, 0.6) is 0 Å². The maximum Gasteiger partial charge on any atom is 0.217 e. The molecule has 18 heavy (non-hydrogen) atoms. The van der Waals surface area contributed by atoms with Crippen molar-refractivity contribution in [1.82, 2.24) is 25.5 Å². The lowest BCUT2D eigenvalue weighted by Gasteiger charge is -2.21. The van der Waals surface area contributed by atoms with Crippen molar-refractivity contribution in [2.24, 2.45) is 4.99 Å². The van der Waals surface area contributed by atoms with Crippen LogP contribution >= 0.6 is 0 Å². The zero-order valence-electron chi connectivity index (χ0n) is 12.4. The first kappa shape index (κ1) is 14.6. The molecule has 0 fully saturated rings. The molecule has 0 saturated carbocycles. The van der Waals surface area contributed by atoms with Gasteiger partial charge in [0.25, 0.3) is 0 Å². The molecule has 0 spiro atoms. The fourth-order valence-electron chi connectivity index (χ4n) is 1.48. The van der Waals surface area contributed by atoms with Gasteiger partial charge in [0, 0.05) is 12.1 Å². The SMILES string of the molecule is CC(C)N=C(NC(C)C)c1nnnn1C(C)(C)C. The number of aromatic nitrogens is 4. The fraction of sp³-hybridized carbons (Fsp3) is 0.833. The first-order chi connectivity index (χ1) is 8.21. The maximum atomic E-state index is 4.58. The van der Waals surface area contributed by atoms with Crippen LogP contribution in [0.3, 0.4) is 0 Å². The van der Waals surface area contributed by atoms with Crippen molar-refractivity contribution >= 4 is 5.84 Å². The van der Waals surface area contributed by atoms with E-state index in [1.54, 1.807) is 4.68 Å². The van der Waals surface area contributed by atoms with Gasteiger partial charge in [-0.25, -0.2) is 4.68 Å². The van der Waals surface area contributed by atoms with Crippen LogP contribution in [0.25, 0.3) is 0 Å². The first-order valence-corrected chi connectivity index (χ1v) is 6.35. The average Bonchev–Trinajstić information content (AvgIpc) is 2.61. The van der Waals surface area contributed by atoms with Gasteiger partial charge in [0.2, 0.25) is 5.82 Å². The van der Waals surface area contributed by atoms with E-state index >= 15 is 0 Å². The molecule has 0 atom stereocenters. The Kier molecular flexibility index (Phi) is 4.43. The molecular formula is C12H24N6. The summed E-state index contributed by atoms with van der Waals surface area (Å²) in [5, 5.41) is 15.2. The van der Waals surface area contributed by atoms with Gasteiger partial charge in [-0.2, -0.15) is 0 Å². The van der Waals surface area contributed by atoms with Crippen LogP contribution < -0.4 is 5.32 Å². The van der Waals surface area contributed by atoms with Crippen molar-refractivity contribution in [3.05, 3.63) is 5.82 Å². The summed E-state index contributed by atoms with van der Waals surface area (Å²) >= 11 is 0. The summed E-state index contributed by atoms with van der Waals surface area (Å²) in [7, 11) is 0. The molecule has 1 N–H and O–H groups in total. The highest BCUT2D eigenvalue weighted by molar-refractivity contribution is 5.95. The molecule has 0 aliphatic heterocycles. The number of aliphatic imine (C=N–C) groups is 1. The topological polar surface area (TPSA) is 68.0 Å². The van der Waals surface area contributed by atoms with Gasteiger partial charge in [-0.3, -0.25) is 4.99 Å². The highest BCUT2D eigenvalue weighted by Gasteiger charge is 2.23. The lowest BCUT2D eigenvalue weighted by molar-refractivity contribution is 0.344. The van der Waals surface area contributed by atoms with Gasteiger partial charge in [-0.1, -0.05) is 0 Å². The molecule has 0 aliphatic carbocycles. The smallest absolute Gasteiger partial charge is 0.217 e. The molecule has 6 nitrogen and oxygen atoms in total. The van der Waals surface area contributed by atoms with E-state index in [1.807, 2.05) is 13.8 Å². The Balaban J connectivity index is 3.18. The summed E-state index contributed by atoms with van der Waals surface area (Å²) in [5.74, 6) is 1.44. The van der Waals surface area contributed by atoms with Crippen LogP contribution in [0.1, 0.15) is 54.3 Å². The second-order valence-corrected chi connectivity index (χ2v) is 5.96. The Morgan fingerprint density at radius 1 is 1.22 bits per heavy atom. The van der Waals surface area contributed by atoms with Gasteiger partial charge in [0.15, 0.2) is 5.84 Å². The molecule has 1 rings (SSSR count). The Bertz CT molecular complexity index is 410. The van der Waals surface area contributed by atoms with Gasteiger partial charge in [0.1, 0.15) is 0 Å². The third kappa shape index (κ3) is 3.78. The molecule has 0 unspecified atom stereocenters. The van der Waals surface area contributed by atoms with E-state index < -0.39 is 0 Å². The number of amidine groups is 1. The van der Waals surface area contributed by atoms with Crippen LogP contribution in [0, 0.1) is 0 Å². The largest absolute Gasteiger partial charge is 0.365 e. The average molecular weight is 252 g/mol. The number of hydrogen-bond acceptors (Lipinski definition) is 4. The van der Waals surface area contributed by atoms with Crippen molar-refractivity contribution in [2.75, 3.05) is 0 Å². The predicted octanol–water partition coefficient (Wildman–Crippen LogP) is 1.58. The molecule has 102 valence electrons. The normalized spacial score (nSPS) is 13.5. The van der Waals surface area contributed by atoms with Gasteiger partial charge in [-0.05, 0) is 58.9 Å². The third-order valence-electron chi connectivity index (χ3n) is 2.13. The van der Waals surface area contributed by atoms with Gasteiger partial charge >= 0.3 is 0 Å². The number of tetrazole rings is 1. The molecule has 0 bridgehead atoms. The minimum atomic E-state index is -0.171. The van der Waals surface area contributed by atoms with Crippen molar-refractivity contribution < 1.29 is 0 Å². The molecule has 6 heteroatoms. The molecule has 0 saturated heterocycles. The first-order valence-electron chi connectivity index (χ1n) is 6.35. The third-order valence-corrected chi connectivity index (χ3v) is 2.13. The summed E-state index contributed by atoms with van der Waals surface area (Å²) in [4.78, 5) is 4.58. The van der Waals surface area contributed by atoms with E-state index in [-0.39, 0.29) is 17.6 Å². The van der Waals surface area contributed by atoms with E-state index in [2.05, 4.69) is 60.5 Å². The van der Waals surface area contributed by atoms with Crippen LogP contribution in [0.15, 0.2) is 4.99 Å². The number of nitrogens with one attached hydrogen (secondary N) is 1. The van der Waals surface area contributed by atoms with Crippen molar-refractivity contribution in [1.29, 1.82) is 0 Å². The van der Waals surface area contributed by atoms with Crippen molar-refractivity contribution in [3.8, 4) is 0 Å². The second-order valence-electron chi connectivity index (χ2n) is 5.96. The summed E-state index contributed by atoms with van der Waals surface area (Å²) in [5.41, 5.74) is -0.171. The van der Waals surface area contributed by atoms with E-state index in [1.165, 1.54) is 0 Å². The molecular weight excluding hydrogens is 228 g/mol. The maximum absolute atomic E-state index is 4.58. The number of rotatable bonds is 3. The molecule has 1 aromatic rings. The molecule has 0 amide bonds. The van der Waals surface area contributed by atoms with E-state index in [4.69, 9.17) is 0 Å². The van der Waals surface area contributed by atoms with Crippen molar-refractivity contribution in [3.63, 3.8) is 0 Å². The van der Waals surface area contributed by atoms with Crippen molar-refractivity contribution in [2.45, 2.75) is 66.1 Å². The Morgan fingerprint density at radius 2 is 1.83 bits per heavy atom. The zero-order chi connectivity index (χ0) is 13.9. The van der Waals surface area contributed by atoms with E-state index in [9.17, 15) is 0 Å². The summed E-state index contributed by atoms with van der Waals surface area (Å²) in [6.45, 7) is 14.4. The number of hydrogen-bond donors (Lipinski definition) is 1. The highest BCUT2D eigenvalue weighted by atomic mass is 15.6. The van der Waals surface area contributed by atoms with Crippen LogP contribution in [-0.2, 0) is 5.54 Å². The molecule has 1 aromatic heterocycles. The van der Waals surface area contributed by atoms with Crippen LogP contribution in [-0.4, -0.2) is 38.1 Å². The van der Waals surface area contributed by atoms with E-state index in [0.29, 0.717) is 5.82 Å². The summed E-state index contributed by atoms with van der Waals surface area (Å²) < 4.78 is 1.80. The Hall–Kier alpha value is -1.46. The monoisotopic (exact) mass is 252 g/mol. The Morgan fingerprint density at radius 3 is 2.28 bits per heavy atom. The minimum Gasteiger partial charge on any atom is -0.365 e. The quantitative estimate of drug-likeness (QED) is 0.655. The van der Waals surface area contributed by atoms with E-state index in [0.717, 1.165) is 5.84 Å². The molecule has 0 aromatic carbocycles. The van der Waals surface area contributed by atoms with Gasteiger partial charge < -0.3 is 5.32 Å². The predicted molar refractivity (Wildman–Crippen MR) is 72.8 cm³/mol. The minimum absolute atomic E-state index is 0.171. The standard InChI is InChI=1S/C12H24N6/c1-8(2)13-10(14-9(3)4)11-15-16-17-18(11)12(5,6)7/h8-9H,1-7H3,(H,13,14). The number of nitrogens with zero attached hydrogens (tertiary/aromatic N) is 5. The lowest BCUT2D eigenvalue weighted by Crippen LogP contribution is -2.37. The lowest BCUT2D eigenvalue weighted by atomic mass is 10.1. The summed E-state index contributed by atoms with van der Waals surface area (Å²) in [6, 6.07) is 0.476. The Labute approximate surface area is 109 Å². The fourth-order valence-corrected chi connectivity index (χ4v) is 1.48.